The third kappa shape index (κ3) is 7.66. The number of ether oxygens (including phenoxy) is 1. The van der Waals surface area contributed by atoms with Crippen molar-refractivity contribution < 1.29 is 9.53 Å². The summed E-state index contributed by atoms with van der Waals surface area (Å²) >= 11 is 3.43. The molecule has 0 radical (unpaired) electrons. The number of esters is 1. The summed E-state index contributed by atoms with van der Waals surface area (Å²) in [6.07, 6.45) is 10.0. The van der Waals surface area contributed by atoms with Gasteiger partial charge in [-0.2, -0.15) is 0 Å². The Balaban J connectivity index is 2.09. The lowest BCUT2D eigenvalue weighted by Crippen LogP contribution is -2.06. The Hall–Kier alpha value is -0.830. The van der Waals surface area contributed by atoms with Crippen molar-refractivity contribution in [2.24, 2.45) is 0 Å². The Morgan fingerprint density at radius 3 is 2.29 bits per heavy atom. The molecule has 0 bridgehead atoms. The van der Waals surface area contributed by atoms with Crippen LogP contribution in [0.2, 0.25) is 0 Å². The fourth-order valence-electron chi connectivity index (χ4n) is 2.26. The molecule has 0 unspecified atom stereocenters. The minimum Gasteiger partial charge on any atom is -0.462 e. The van der Waals surface area contributed by atoms with Crippen LogP contribution in [0.25, 0.3) is 0 Å². The van der Waals surface area contributed by atoms with Crippen LogP contribution in [-0.2, 0) is 4.74 Å². The molecule has 1 rings (SSSR count). The van der Waals surface area contributed by atoms with Gasteiger partial charge in [0.25, 0.3) is 0 Å². The van der Waals surface area contributed by atoms with E-state index in [4.69, 9.17) is 4.74 Å². The molecule has 1 aromatic carbocycles. The standard InChI is InChI=1S/C18H27BrO2/c1-3-4-5-6-7-8-9-10-13-21-18(20)16-11-12-17(19)15(2)14-16/h11-12,14H,3-10,13H2,1-2H3. The largest absolute Gasteiger partial charge is 0.462 e. The summed E-state index contributed by atoms with van der Waals surface area (Å²) in [5.74, 6) is -0.214. The topological polar surface area (TPSA) is 26.3 Å². The molecule has 0 N–H and O–H groups in total. The second-order valence-electron chi connectivity index (χ2n) is 5.57. The number of halogens is 1. The van der Waals surface area contributed by atoms with Crippen molar-refractivity contribution in [3.63, 3.8) is 0 Å². The predicted octanol–water partition coefficient (Wildman–Crippen LogP) is 6.06. The zero-order chi connectivity index (χ0) is 15.5. The number of carbonyl (C=O) groups is 1. The lowest BCUT2D eigenvalue weighted by molar-refractivity contribution is 0.0497. The number of carbonyl (C=O) groups excluding carboxylic acids is 1. The normalized spacial score (nSPS) is 10.6. The molecule has 0 aromatic heterocycles. The Bertz CT molecular complexity index is 429. The molecule has 3 heteroatoms. The maximum Gasteiger partial charge on any atom is 0.338 e. The van der Waals surface area contributed by atoms with Crippen molar-refractivity contribution in [2.75, 3.05) is 6.61 Å². The number of hydrogen-bond donors (Lipinski definition) is 0. The number of rotatable bonds is 10. The second-order valence-corrected chi connectivity index (χ2v) is 6.43. The van der Waals surface area contributed by atoms with E-state index in [1.54, 1.807) is 6.07 Å². The molecule has 21 heavy (non-hydrogen) atoms. The van der Waals surface area contributed by atoms with Crippen molar-refractivity contribution in [3.05, 3.63) is 33.8 Å². The first kappa shape index (κ1) is 18.2. The number of unbranched alkanes of at least 4 members (excludes halogenated alkanes) is 7. The number of aryl methyl sites for hydroxylation is 1. The first-order valence-corrected chi connectivity index (χ1v) is 8.87. The van der Waals surface area contributed by atoms with E-state index in [0.717, 1.165) is 22.9 Å². The summed E-state index contributed by atoms with van der Waals surface area (Å²) < 4.78 is 6.33. The molecular weight excluding hydrogens is 328 g/mol. The van der Waals surface area contributed by atoms with Gasteiger partial charge in [0.1, 0.15) is 0 Å². The molecule has 0 fully saturated rings. The third-order valence-electron chi connectivity index (χ3n) is 3.62. The van der Waals surface area contributed by atoms with Gasteiger partial charge >= 0.3 is 5.97 Å². The van der Waals surface area contributed by atoms with Crippen LogP contribution in [0.1, 0.15) is 74.2 Å². The van der Waals surface area contributed by atoms with Gasteiger partial charge in [0, 0.05) is 4.47 Å². The first-order chi connectivity index (χ1) is 10.1. The van der Waals surface area contributed by atoms with Crippen LogP contribution >= 0.6 is 15.9 Å². The lowest BCUT2D eigenvalue weighted by Gasteiger charge is -2.06. The fraction of sp³-hybridized carbons (Fsp3) is 0.611. The maximum atomic E-state index is 11.9. The molecule has 0 aliphatic rings. The van der Waals surface area contributed by atoms with Gasteiger partial charge in [-0.15, -0.1) is 0 Å². The van der Waals surface area contributed by atoms with E-state index in [2.05, 4.69) is 22.9 Å². The van der Waals surface area contributed by atoms with Crippen LogP contribution in [0.5, 0.6) is 0 Å². The number of benzene rings is 1. The maximum absolute atomic E-state index is 11.9. The van der Waals surface area contributed by atoms with Gasteiger partial charge in [0.15, 0.2) is 0 Å². The predicted molar refractivity (Wildman–Crippen MR) is 91.8 cm³/mol. The van der Waals surface area contributed by atoms with E-state index in [0.29, 0.717) is 12.2 Å². The summed E-state index contributed by atoms with van der Waals surface area (Å²) in [5.41, 5.74) is 1.69. The van der Waals surface area contributed by atoms with Crippen LogP contribution in [-0.4, -0.2) is 12.6 Å². The smallest absolute Gasteiger partial charge is 0.338 e. The van der Waals surface area contributed by atoms with Crippen LogP contribution in [0.15, 0.2) is 22.7 Å². The zero-order valence-electron chi connectivity index (χ0n) is 13.3. The highest BCUT2D eigenvalue weighted by atomic mass is 79.9. The Kier molecular flexibility index (Phi) is 9.40. The van der Waals surface area contributed by atoms with E-state index in [1.165, 1.54) is 38.5 Å². The minimum absolute atomic E-state index is 0.214. The van der Waals surface area contributed by atoms with Crippen molar-refractivity contribution in [2.45, 2.75) is 65.2 Å². The van der Waals surface area contributed by atoms with Crippen LogP contribution in [0.3, 0.4) is 0 Å². The summed E-state index contributed by atoms with van der Waals surface area (Å²) in [5, 5.41) is 0. The fourth-order valence-corrected chi connectivity index (χ4v) is 2.50. The summed E-state index contributed by atoms with van der Waals surface area (Å²) in [4.78, 5) is 11.9. The van der Waals surface area contributed by atoms with Crippen LogP contribution < -0.4 is 0 Å². The van der Waals surface area contributed by atoms with E-state index in [1.807, 2.05) is 19.1 Å². The third-order valence-corrected chi connectivity index (χ3v) is 4.51. The van der Waals surface area contributed by atoms with E-state index < -0.39 is 0 Å². The number of hydrogen-bond acceptors (Lipinski definition) is 2. The monoisotopic (exact) mass is 354 g/mol. The molecule has 0 atom stereocenters. The average Bonchev–Trinajstić information content (AvgIpc) is 2.48. The first-order valence-electron chi connectivity index (χ1n) is 8.08. The Morgan fingerprint density at radius 2 is 1.67 bits per heavy atom. The highest BCUT2D eigenvalue weighted by Crippen LogP contribution is 2.17. The van der Waals surface area contributed by atoms with Gasteiger partial charge < -0.3 is 4.74 Å². The van der Waals surface area contributed by atoms with E-state index in [9.17, 15) is 4.79 Å². The van der Waals surface area contributed by atoms with Crippen molar-refractivity contribution in [1.29, 1.82) is 0 Å². The summed E-state index contributed by atoms with van der Waals surface area (Å²) in [6.45, 7) is 4.74. The quantitative estimate of drug-likeness (QED) is 0.377. The molecule has 0 saturated carbocycles. The van der Waals surface area contributed by atoms with Crippen LogP contribution in [0, 0.1) is 6.92 Å². The summed E-state index contributed by atoms with van der Waals surface area (Å²) in [6, 6.07) is 5.55. The van der Waals surface area contributed by atoms with Gasteiger partial charge in [0.2, 0.25) is 0 Å². The molecule has 0 aliphatic heterocycles. The molecule has 1 aromatic rings. The molecular formula is C18H27BrO2. The van der Waals surface area contributed by atoms with E-state index >= 15 is 0 Å². The van der Waals surface area contributed by atoms with Gasteiger partial charge in [-0.1, -0.05) is 67.8 Å². The minimum atomic E-state index is -0.214. The van der Waals surface area contributed by atoms with Crippen molar-refractivity contribution in [3.8, 4) is 0 Å². The Morgan fingerprint density at radius 1 is 1.05 bits per heavy atom. The van der Waals surface area contributed by atoms with Gasteiger partial charge in [0.05, 0.1) is 12.2 Å². The van der Waals surface area contributed by atoms with E-state index in [-0.39, 0.29) is 5.97 Å². The zero-order valence-corrected chi connectivity index (χ0v) is 14.9. The molecule has 0 aliphatic carbocycles. The van der Waals surface area contributed by atoms with Gasteiger partial charge in [-0.25, -0.2) is 4.79 Å². The highest BCUT2D eigenvalue weighted by Gasteiger charge is 2.08. The Labute approximate surface area is 137 Å². The van der Waals surface area contributed by atoms with Crippen molar-refractivity contribution >= 4 is 21.9 Å². The average molecular weight is 355 g/mol. The van der Waals surface area contributed by atoms with Gasteiger partial charge in [-0.05, 0) is 37.1 Å². The molecule has 0 heterocycles. The second kappa shape index (κ2) is 10.8. The molecule has 0 amide bonds. The SMILES string of the molecule is CCCCCCCCCCOC(=O)c1ccc(Br)c(C)c1. The van der Waals surface area contributed by atoms with Crippen molar-refractivity contribution in [1.82, 2.24) is 0 Å². The molecule has 118 valence electrons. The molecule has 0 saturated heterocycles. The van der Waals surface area contributed by atoms with Gasteiger partial charge in [-0.3, -0.25) is 0 Å². The highest BCUT2D eigenvalue weighted by molar-refractivity contribution is 9.10. The van der Waals surface area contributed by atoms with Crippen LogP contribution in [0.4, 0.5) is 0 Å². The molecule has 2 nitrogen and oxygen atoms in total. The summed E-state index contributed by atoms with van der Waals surface area (Å²) in [7, 11) is 0. The lowest BCUT2D eigenvalue weighted by atomic mass is 10.1. The molecule has 0 spiro atoms.